The molecule has 0 aromatic heterocycles. The molecule has 0 bridgehead atoms. The van der Waals surface area contributed by atoms with E-state index in [0.717, 1.165) is 12.0 Å². The Hall–Kier alpha value is -0.120. The van der Waals surface area contributed by atoms with Crippen LogP contribution in [0.1, 0.15) is 33.6 Å². The molecule has 0 saturated carbocycles. The van der Waals surface area contributed by atoms with E-state index in [1.807, 2.05) is 0 Å². The lowest BCUT2D eigenvalue weighted by molar-refractivity contribution is 0.122. The van der Waals surface area contributed by atoms with E-state index in [1.54, 1.807) is 0 Å². The summed E-state index contributed by atoms with van der Waals surface area (Å²) in [6, 6.07) is 1.47. The van der Waals surface area contributed by atoms with Crippen LogP contribution in [0.15, 0.2) is 0 Å². The third-order valence-electron chi connectivity index (χ3n) is 3.55. The Kier molecular flexibility index (Phi) is 6.45. The smallest absolute Gasteiger partial charge is 0.0123 e. The van der Waals surface area contributed by atoms with E-state index in [2.05, 4.69) is 50.0 Å². The first-order valence-corrected chi connectivity index (χ1v) is 7.11. The number of hydrogen-bond acceptors (Lipinski definition) is 3. The molecular formula is C14H31N3. The Labute approximate surface area is 108 Å². The summed E-state index contributed by atoms with van der Waals surface area (Å²) in [6.07, 6.45) is 2.62. The SMILES string of the molecule is CC(C)CN(CCN(C)C)C1CCNC(C)C1. The van der Waals surface area contributed by atoms with Gasteiger partial charge in [0, 0.05) is 31.7 Å². The van der Waals surface area contributed by atoms with Crippen LogP contribution < -0.4 is 5.32 Å². The molecule has 17 heavy (non-hydrogen) atoms. The van der Waals surface area contributed by atoms with Crippen molar-refractivity contribution in [3.8, 4) is 0 Å². The van der Waals surface area contributed by atoms with Gasteiger partial charge >= 0.3 is 0 Å². The topological polar surface area (TPSA) is 18.5 Å². The van der Waals surface area contributed by atoms with E-state index in [4.69, 9.17) is 0 Å². The molecule has 1 saturated heterocycles. The van der Waals surface area contributed by atoms with Crippen molar-refractivity contribution in [3.63, 3.8) is 0 Å². The van der Waals surface area contributed by atoms with E-state index in [1.165, 1.54) is 39.0 Å². The number of likely N-dealkylation sites (N-methyl/N-ethyl adjacent to an activating group) is 1. The predicted octanol–water partition coefficient (Wildman–Crippen LogP) is 1.65. The van der Waals surface area contributed by atoms with Gasteiger partial charge in [0.05, 0.1) is 0 Å². The standard InChI is InChI=1S/C14H31N3/c1-12(2)11-17(9-8-16(4)5)14-6-7-15-13(3)10-14/h12-15H,6-11H2,1-5H3. The van der Waals surface area contributed by atoms with Crippen molar-refractivity contribution in [3.05, 3.63) is 0 Å². The summed E-state index contributed by atoms with van der Waals surface area (Å²) in [5.74, 6) is 0.766. The normalized spacial score (nSPS) is 26.1. The lowest BCUT2D eigenvalue weighted by atomic mass is 9.98. The fourth-order valence-corrected chi connectivity index (χ4v) is 2.66. The average molecular weight is 241 g/mol. The molecular weight excluding hydrogens is 210 g/mol. The van der Waals surface area contributed by atoms with E-state index >= 15 is 0 Å². The molecule has 0 spiro atoms. The zero-order valence-electron chi connectivity index (χ0n) is 12.4. The van der Waals surface area contributed by atoms with Gasteiger partial charge in [0.15, 0.2) is 0 Å². The lowest BCUT2D eigenvalue weighted by Gasteiger charge is -2.38. The summed E-state index contributed by atoms with van der Waals surface area (Å²) in [7, 11) is 4.33. The highest BCUT2D eigenvalue weighted by Crippen LogP contribution is 2.16. The molecule has 1 rings (SSSR count). The van der Waals surface area contributed by atoms with Crippen LogP contribution in [0.3, 0.4) is 0 Å². The summed E-state index contributed by atoms with van der Waals surface area (Å²) >= 11 is 0. The van der Waals surface area contributed by atoms with Crippen LogP contribution in [0, 0.1) is 5.92 Å². The Balaban J connectivity index is 2.48. The molecule has 3 heteroatoms. The van der Waals surface area contributed by atoms with Crippen molar-refractivity contribution in [2.24, 2.45) is 5.92 Å². The van der Waals surface area contributed by atoms with Crippen molar-refractivity contribution in [2.45, 2.75) is 45.7 Å². The third kappa shape index (κ3) is 5.84. The molecule has 0 aromatic rings. The molecule has 0 amide bonds. The first-order valence-electron chi connectivity index (χ1n) is 7.11. The summed E-state index contributed by atoms with van der Waals surface area (Å²) in [4.78, 5) is 5.00. The molecule has 2 unspecified atom stereocenters. The van der Waals surface area contributed by atoms with E-state index in [0.29, 0.717) is 6.04 Å². The highest BCUT2D eigenvalue weighted by molar-refractivity contribution is 4.83. The highest BCUT2D eigenvalue weighted by Gasteiger charge is 2.24. The fraction of sp³-hybridized carbons (Fsp3) is 1.00. The van der Waals surface area contributed by atoms with Crippen LogP contribution in [0.25, 0.3) is 0 Å². The largest absolute Gasteiger partial charge is 0.314 e. The van der Waals surface area contributed by atoms with E-state index in [-0.39, 0.29) is 0 Å². The average Bonchev–Trinajstić information content (AvgIpc) is 2.23. The van der Waals surface area contributed by atoms with Gasteiger partial charge in [-0.05, 0) is 46.3 Å². The van der Waals surface area contributed by atoms with E-state index in [9.17, 15) is 0 Å². The molecule has 1 fully saturated rings. The van der Waals surface area contributed by atoms with Gasteiger partial charge in [0.1, 0.15) is 0 Å². The van der Waals surface area contributed by atoms with Crippen molar-refractivity contribution in [1.82, 2.24) is 15.1 Å². The van der Waals surface area contributed by atoms with Gasteiger partial charge in [0.2, 0.25) is 0 Å². The van der Waals surface area contributed by atoms with Crippen LogP contribution >= 0.6 is 0 Å². The molecule has 1 aliphatic heterocycles. The van der Waals surface area contributed by atoms with Gasteiger partial charge in [-0.1, -0.05) is 13.8 Å². The summed E-state index contributed by atoms with van der Waals surface area (Å²) in [5, 5.41) is 3.55. The second-order valence-electron chi connectivity index (χ2n) is 6.23. The van der Waals surface area contributed by atoms with Gasteiger partial charge in [-0.15, -0.1) is 0 Å². The van der Waals surface area contributed by atoms with Gasteiger partial charge in [0.25, 0.3) is 0 Å². The Morgan fingerprint density at radius 3 is 2.47 bits per heavy atom. The molecule has 3 nitrogen and oxygen atoms in total. The van der Waals surface area contributed by atoms with Gasteiger partial charge in [-0.25, -0.2) is 0 Å². The molecule has 102 valence electrons. The molecule has 1 N–H and O–H groups in total. The van der Waals surface area contributed by atoms with Crippen LogP contribution in [-0.4, -0.2) is 62.2 Å². The van der Waals surface area contributed by atoms with Gasteiger partial charge in [-0.2, -0.15) is 0 Å². The maximum Gasteiger partial charge on any atom is 0.0123 e. The molecule has 2 atom stereocenters. The minimum absolute atomic E-state index is 0.683. The quantitative estimate of drug-likeness (QED) is 0.763. The van der Waals surface area contributed by atoms with Crippen LogP contribution in [-0.2, 0) is 0 Å². The van der Waals surface area contributed by atoms with E-state index < -0.39 is 0 Å². The molecule has 0 radical (unpaired) electrons. The zero-order chi connectivity index (χ0) is 12.8. The van der Waals surface area contributed by atoms with Crippen LogP contribution in [0.2, 0.25) is 0 Å². The molecule has 1 aliphatic rings. The summed E-state index contributed by atoms with van der Waals surface area (Å²) < 4.78 is 0. The number of hydrogen-bond donors (Lipinski definition) is 1. The van der Waals surface area contributed by atoms with Crippen LogP contribution in [0.5, 0.6) is 0 Å². The Bertz CT molecular complexity index is 204. The third-order valence-corrected chi connectivity index (χ3v) is 3.55. The summed E-state index contributed by atoms with van der Waals surface area (Å²) in [6.45, 7) is 11.8. The van der Waals surface area contributed by atoms with Crippen molar-refractivity contribution in [2.75, 3.05) is 40.3 Å². The first kappa shape index (κ1) is 14.9. The van der Waals surface area contributed by atoms with Crippen LogP contribution in [0.4, 0.5) is 0 Å². The zero-order valence-corrected chi connectivity index (χ0v) is 12.4. The van der Waals surface area contributed by atoms with Crippen molar-refractivity contribution >= 4 is 0 Å². The molecule has 0 aromatic carbocycles. The first-order chi connectivity index (χ1) is 7.99. The van der Waals surface area contributed by atoms with Crippen molar-refractivity contribution in [1.29, 1.82) is 0 Å². The molecule has 0 aliphatic carbocycles. The number of nitrogens with one attached hydrogen (secondary N) is 1. The summed E-state index contributed by atoms with van der Waals surface area (Å²) in [5.41, 5.74) is 0. The Morgan fingerprint density at radius 2 is 1.94 bits per heavy atom. The minimum Gasteiger partial charge on any atom is -0.314 e. The Morgan fingerprint density at radius 1 is 1.24 bits per heavy atom. The predicted molar refractivity (Wildman–Crippen MR) is 75.5 cm³/mol. The number of piperidine rings is 1. The van der Waals surface area contributed by atoms with Gasteiger partial charge < -0.3 is 10.2 Å². The maximum absolute atomic E-state index is 3.55. The number of rotatable bonds is 6. The number of nitrogens with zero attached hydrogens (tertiary/aromatic N) is 2. The highest BCUT2D eigenvalue weighted by atomic mass is 15.2. The maximum atomic E-state index is 3.55. The fourth-order valence-electron chi connectivity index (χ4n) is 2.66. The van der Waals surface area contributed by atoms with Gasteiger partial charge in [-0.3, -0.25) is 4.90 Å². The monoisotopic (exact) mass is 241 g/mol. The lowest BCUT2D eigenvalue weighted by Crippen LogP contribution is -2.49. The second kappa shape index (κ2) is 7.34. The van der Waals surface area contributed by atoms with Crippen molar-refractivity contribution < 1.29 is 0 Å². The minimum atomic E-state index is 0.683. The second-order valence-corrected chi connectivity index (χ2v) is 6.23. The molecule has 1 heterocycles.